The molecule has 142 valence electrons. The number of hydrogen-bond acceptors (Lipinski definition) is 5. The lowest BCUT2D eigenvalue weighted by Gasteiger charge is -2.39. The van der Waals surface area contributed by atoms with Crippen LogP contribution in [0.4, 0.5) is 10.5 Å². The number of morpholine rings is 1. The highest BCUT2D eigenvalue weighted by atomic mass is 32.2. The lowest BCUT2D eigenvalue weighted by Crippen LogP contribution is -2.57. The number of likely N-dealkylation sites (N-methyl/N-ethyl adjacent to an activating group) is 1. The molecule has 2 bridgehead atoms. The summed E-state index contributed by atoms with van der Waals surface area (Å²) >= 11 is 0. The Labute approximate surface area is 153 Å². The van der Waals surface area contributed by atoms with Crippen molar-refractivity contribution in [3.05, 3.63) is 24.3 Å². The number of benzene rings is 1. The van der Waals surface area contributed by atoms with Crippen LogP contribution in [0.5, 0.6) is 5.75 Å². The van der Waals surface area contributed by atoms with Crippen molar-refractivity contribution in [2.45, 2.75) is 30.3 Å². The predicted molar refractivity (Wildman–Crippen MR) is 95.8 cm³/mol. The molecular weight excluding hydrogens is 358 g/mol. The van der Waals surface area contributed by atoms with Crippen molar-refractivity contribution in [3.63, 3.8) is 0 Å². The Hall–Kier alpha value is -1.84. The van der Waals surface area contributed by atoms with E-state index in [-0.39, 0.29) is 18.7 Å². The zero-order chi connectivity index (χ0) is 18.5. The van der Waals surface area contributed by atoms with Crippen LogP contribution in [0.2, 0.25) is 0 Å². The number of hydrogen-bond donors (Lipinski definition) is 1. The second kappa shape index (κ2) is 6.11. The zero-order valence-corrected chi connectivity index (χ0v) is 15.7. The summed E-state index contributed by atoms with van der Waals surface area (Å²) in [5.41, 5.74) is -0.180. The van der Waals surface area contributed by atoms with Gasteiger partial charge in [0.05, 0.1) is 19.8 Å². The summed E-state index contributed by atoms with van der Waals surface area (Å²) in [7, 11) is -1.79. The van der Waals surface area contributed by atoms with Crippen LogP contribution in [-0.4, -0.2) is 73.9 Å². The highest BCUT2D eigenvalue weighted by molar-refractivity contribution is 7.90. The van der Waals surface area contributed by atoms with Gasteiger partial charge in [-0.05, 0) is 18.6 Å². The zero-order valence-electron chi connectivity index (χ0n) is 14.8. The molecule has 0 saturated carbocycles. The molecular formula is C17H23N3O5S. The Kier molecular flexibility index (Phi) is 4.13. The van der Waals surface area contributed by atoms with Crippen LogP contribution >= 0.6 is 0 Å². The number of ether oxygens (including phenoxy) is 2. The largest absolute Gasteiger partial charge is 0.497 e. The monoisotopic (exact) mass is 381 g/mol. The van der Waals surface area contributed by atoms with Gasteiger partial charge in [-0.25, -0.2) is 13.2 Å². The van der Waals surface area contributed by atoms with E-state index >= 15 is 0 Å². The second-order valence-electron chi connectivity index (χ2n) is 7.04. The first-order valence-corrected chi connectivity index (χ1v) is 10.2. The molecule has 3 aliphatic rings. The normalized spacial score (nSPS) is 32.3. The number of carbonyl (C=O) groups is 1. The van der Waals surface area contributed by atoms with Crippen LogP contribution in [0.15, 0.2) is 24.3 Å². The van der Waals surface area contributed by atoms with Gasteiger partial charge in [0, 0.05) is 31.4 Å². The van der Waals surface area contributed by atoms with Gasteiger partial charge in [0.2, 0.25) is 10.0 Å². The van der Waals surface area contributed by atoms with Crippen molar-refractivity contribution in [2.75, 3.05) is 38.6 Å². The maximum absolute atomic E-state index is 12.7. The van der Waals surface area contributed by atoms with Crippen LogP contribution in [0.3, 0.4) is 0 Å². The van der Waals surface area contributed by atoms with Crippen LogP contribution in [0.1, 0.15) is 13.3 Å². The summed E-state index contributed by atoms with van der Waals surface area (Å²) in [5, 5.41) is 2.31. The van der Waals surface area contributed by atoms with E-state index in [1.165, 1.54) is 4.31 Å². The van der Waals surface area contributed by atoms with E-state index in [1.54, 1.807) is 36.3 Å². The minimum absolute atomic E-state index is 0.237. The summed E-state index contributed by atoms with van der Waals surface area (Å²) in [5.74, 6) is 0.656. The fourth-order valence-corrected chi connectivity index (χ4v) is 6.62. The number of anilines is 1. The Morgan fingerprint density at radius 2 is 2.23 bits per heavy atom. The summed E-state index contributed by atoms with van der Waals surface area (Å²) in [4.78, 5) is 14.4. The lowest BCUT2D eigenvalue weighted by molar-refractivity contribution is -0.0940. The molecule has 0 aliphatic carbocycles. The Bertz CT molecular complexity index is 829. The second-order valence-corrected chi connectivity index (χ2v) is 9.16. The van der Waals surface area contributed by atoms with Gasteiger partial charge in [0.1, 0.15) is 16.6 Å². The molecule has 3 atom stereocenters. The number of urea groups is 1. The molecule has 0 aromatic heterocycles. The molecule has 1 spiro atoms. The molecule has 3 saturated heterocycles. The highest BCUT2D eigenvalue weighted by Gasteiger charge is 2.65. The summed E-state index contributed by atoms with van der Waals surface area (Å²) in [6.45, 7) is 3.23. The van der Waals surface area contributed by atoms with E-state index < -0.39 is 20.9 Å². The minimum atomic E-state index is -3.36. The Morgan fingerprint density at radius 3 is 2.96 bits per heavy atom. The average molecular weight is 381 g/mol. The van der Waals surface area contributed by atoms with Crippen LogP contribution < -0.4 is 10.1 Å². The molecule has 3 fully saturated rings. The maximum Gasteiger partial charge on any atom is 0.322 e. The van der Waals surface area contributed by atoms with Crippen molar-refractivity contribution < 1.29 is 22.7 Å². The SMILES string of the molecule is CCN1C[C@@]23CN(C(=O)Nc4cccc(OC)c4)C[C@@H](C[C@@H]2S1(=O)=O)O3. The van der Waals surface area contributed by atoms with Gasteiger partial charge >= 0.3 is 6.03 Å². The minimum Gasteiger partial charge on any atom is -0.497 e. The molecule has 0 unspecified atom stereocenters. The summed E-state index contributed by atoms with van der Waals surface area (Å²) in [6.07, 6.45) is 0.209. The Balaban J connectivity index is 1.53. The number of rotatable bonds is 3. The quantitative estimate of drug-likeness (QED) is 0.847. The molecule has 3 aliphatic heterocycles. The molecule has 0 radical (unpaired) electrons. The van der Waals surface area contributed by atoms with E-state index in [9.17, 15) is 13.2 Å². The molecule has 26 heavy (non-hydrogen) atoms. The van der Waals surface area contributed by atoms with Crippen LogP contribution in [-0.2, 0) is 14.8 Å². The van der Waals surface area contributed by atoms with E-state index in [4.69, 9.17) is 9.47 Å². The Morgan fingerprint density at radius 1 is 1.42 bits per heavy atom. The first kappa shape index (κ1) is 17.6. The van der Waals surface area contributed by atoms with Crippen LogP contribution in [0.25, 0.3) is 0 Å². The van der Waals surface area contributed by atoms with Crippen molar-refractivity contribution >= 4 is 21.7 Å². The lowest BCUT2D eigenvalue weighted by atomic mass is 9.99. The fourth-order valence-electron chi connectivity index (χ4n) is 4.29. The molecule has 9 heteroatoms. The number of sulfonamides is 1. The number of methoxy groups -OCH3 is 1. The number of likely N-dealkylation sites (tertiary alicyclic amines) is 1. The van der Waals surface area contributed by atoms with Gasteiger partial charge in [-0.2, -0.15) is 4.31 Å². The standard InChI is InChI=1S/C17H23N3O5S/c1-3-20-11-17-10-19(9-14(25-17)8-15(17)26(20,22)23)16(21)18-12-5-4-6-13(7-12)24-2/h4-7,14-15H,3,8-11H2,1-2H3,(H,18,21)/t14-,15+,17+/m1/s1. The molecule has 1 N–H and O–H groups in total. The smallest absolute Gasteiger partial charge is 0.322 e. The predicted octanol–water partition coefficient (Wildman–Crippen LogP) is 1.10. The van der Waals surface area contributed by atoms with Crippen molar-refractivity contribution in [1.29, 1.82) is 0 Å². The van der Waals surface area contributed by atoms with Crippen molar-refractivity contribution in [1.82, 2.24) is 9.21 Å². The average Bonchev–Trinajstić information content (AvgIpc) is 3.00. The van der Waals surface area contributed by atoms with E-state index in [2.05, 4.69) is 5.32 Å². The summed E-state index contributed by atoms with van der Waals surface area (Å²) in [6, 6.07) is 6.88. The fraction of sp³-hybridized carbons (Fsp3) is 0.588. The van der Waals surface area contributed by atoms with E-state index in [0.29, 0.717) is 37.5 Å². The van der Waals surface area contributed by atoms with E-state index in [0.717, 1.165) is 0 Å². The topological polar surface area (TPSA) is 88.2 Å². The number of nitrogens with zero attached hydrogens (tertiary/aromatic N) is 2. The van der Waals surface area contributed by atoms with Gasteiger partial charge in [0.15, 0.2) is 0 Å². The molecule has 1 aromatic rings. The van der Waals surface area contributed by atoms with Gasteiger partial charge in [-0.3, -0.25) is 0 Å². The number of carbonyl (C=O) groups excluding carboxylic acids is 1. The molecule has 4 rings (SSSR count). The van der Waals surface area contributed by atoms with Crippen LogP contribution in [0, 0.1) is 0 Å². The van der Waals surface area contributed by atoms with Gasteiger partial charge < -0.3 is 19.7 Å². The first-order chi connectivity index (χ1) is 12.4. The number of fused-ring (bicyclic) bond motifs is 1. The molecule has 2 amide bonds. The third-order valence-electron chi connectivity index (χ3n) is 5.47. The highest BCUT2D eigenvalue weighted by Crippen LogP contribution is 2.46. The van der Waals surface area contributed by atoms with Gasteiger partial charge in [-0.15, -0.1) is 0 Å². The molecule has 8 nitrogen and oxygen atoms in total. The first-order valence-electron chi connectivity index (χ1n) is 8.75. The van der Waals surface area contributed by atoms with E-state index in [1.807, 2.05) is 6.92 Å². The maximum atomic E-state index is 12.7. The van der Waals surface area contributed by atoms with Gasteiger partial charge in [0.25, 0.3) is 0 Å². The third-order valence-corrected chi connectivity index (χ3v) is 7.92. The molecule has 3 heterocycles. The summed E-state index contributed by atoms with van der Waals surface area (Å²) < 4.78 is 38.1. The van der Waals surface area contributed by atoms with Crippen molar-refractivity contribution in [2.24, 2.45) is 0 Å². The van der Waals surface area contributed by atoms with Crippen molar-refractivity contribution in [3.8, 4) is 5.75 Å². The number of nitrogens with one attached hydrogen (secondary N) is 1. The van der Waals surface area contributed by atoms with Gasteiger partial charge in [-0.1, -0.05) is 13.0 Å². The molecule has 1 aromatic carbocycles. The third kappa shape index (κ3) is 2.65. The number of amides is 2.